The van der Waals surface area contributed by atoms with E-state index >= 15 is 0 Å². The first-order valence-corrected chi connectivity index (χ1v) is 9.09. The van der Waals surface area contributed by atoms with Crippen LogP contribution in [0.4, 0.5) is 0 Å². The number of hydrogen-bond donors (Lipinski definition) is 2. The van der Waals surface area contributed by atoms with E-state index in [9.17, 15) is 8.42 Å². The van der Waals surface area contributed by atoms with Crippen LogP contribution in [0.15, 0.2) is 19.2 Å². The summed E-state index contributed by atoms with van der Waals surface area (Å²) in [6.45, 7) is 3.81. The minimum atomic E-state index is -3.64. The molecule has 0 bridgehead atoms. The van der Waals surface area contributed by atoms with E-state index in [4.69, 9.17) is 22.5 Å². The molecule has 10 heteroatoms. The van der Waals surface area contributed by atoms with Gasteiger partial charge in [-0.25, -0.2) is 8.42 Å². The van der Waals surface area contributed by atoms with Crippen molar-refractivity contribution in [1.82, 2.24) is 4.31 Å². The molecule has 0 spiro atoms. The molecule has 1 atom stereocenters. The monoisotopic (exact) mass is 403 g/mol. The van der Waals surface area contributed by atoms with Crippen LogP contribution in [0.1, 0.15) is 13.8 Å². The summed E-state index contributed by atoms with van der Waals surface area (Å²) < 4.78 is 27.0. The van der Waals surface area contributed by atoms with Gasteiger partial charge in [0.05, 0.1) is 8.81 Å². The maximum absolute atomic E-state index is 12.5. The number of hydrogen-bond acceptors (Lipinski definition) is 5. The summed E-state index contributed by atoms with van der Waals surface area (Å²) in [5.74, 6) is -0.405. The smallest absolute Gasteiger partial charge is 0.252 e. The number of nitrogens with two attached hydrogens (primary N) is 1. The second-order valence-electron chi connectivity index (χ2n) is 4.07. The van der Waals surface area contributed by atoms with Crippen LogP contribution in [0.25, 0.3) is 0 Å². The lowest BCUT2D eigenvalue weighted by molar-refractivity contribution is 0.311. The molecule has 0 aliphatic carbocycles. The van der Waals surface area contributed by atoms with E-state index in [0.29, 0.717) is 8.81 Å². The number of oxime groups is 1. The zero-order valence-electron chi connectivity index (χ0n) is 10.9. The van der Waals surface area contributed by atoms with Crippen LogP contribution < -0.4 is 5.73 Å². The quantitative estimate of drug-likeness (QED) is 0.329. The Morgan fingerprint density at radius 1 is 1.70 bits per heavy atom. The van der Waals surface area contributed by atoms with Gasteiger partial charge in [0.25, 0.3) is 10.0 Å². The van der Waals surface area contributed by atoms with E-state index in [2.05, 4.69) is 21.1 Å². The molecule has 114 valence electrons. The van der Waals surface area contributed by atoms with Crippen LogP contribution >= 0.6 is 38.9 Å². The maximum atomic E-state index is 12.5. The maximum Gasteiger partial charge on any atom is 0.252 e. The highest BCUT2D eigenvalue weighted by Gasteiger charge is 2.28. The number of halogens is 2. The zero-order chi connectivity index (χ0) is 15.5. The van der Waals surface area contributed by atoms with Crippen molar-refractivity contribution in [2.45, 2.75) is 18.1 Å². The number of amidine groups is 1. The minimum Gasteiger partial charge on any atom is -0.409 e. The lowest BCUT2D eigenvalue weighted by atomic mass is 10.1. The number of rotatable bonds is 6. The van der Waals surface area contributed by atoms with Crippen LogP contribution in [0, 0.1) is 5.92 Å². The van der Waals surface area contributed by atoms with Crippen LogP contribution in [0.5, 0.6) is 0 Å². The van der Waals surface area contributed by atoms with Gasteiger partial charge in [0.2, 0.25) is 0 Å². The van der Waals surface area contributed by atoms with Gasteiger partial charge in [-0.15, -0.1) is 11.3 Å². The van der Waals surface area contributed by atoms with Gasteiger partial charge in [-0.3, -0.25) is 0 Å². The van der Waals surface area contributed by atoms with E-state index in [1.54, 1.807) is 13.8 Å². The van der Waals surface area contributed by atoms with Crippen molar-refractivity contribution in [3.8, 4) is 0 Å². The van der Waals surface area contributed by atoms with E-state index in [0.717, 1.165) is 11.3 Å². The molecule has 0 radical (unpaired) electrons. The zero-order valence-corrected chi connectivity index (χ0v) is 14.9. The van der Waals surface area contributed by atoms with Crippen LogP contribution in [0.3, 0.4) is 0 Å². The predicted octanol–water partition coefficient (Wildman–Crippen LogP) is 2.56. The van der Waals surface area contributed by atoms with E-state index in [1.807, 2.05) is 0 Å². The van der Waals surface area contributed by atoms with Crippen molar-refractivity contribution >= 4 is 54.7 Å². The van der Waals surface area contributed by atoms with Crippen molar-refractivity contribution in [2.75, 3.05) is 13.1 Å². The lowest BCUT2D eigenvalue weighted by Gasteiger charge is -2.22. The molecular weight excluding hydrogens is 390 g/mol. The van der Waals surface area contributed by atoms with Gasteiger partial charge in [0, 0.05) is 19.0 Å². The first-order valence-electron chi connectivity index (χ1n) is 5.66. The Morgan fingerprint density at radius 2 is 2.30 bits per heavy atom. The normalized spacial score (nSPS) is 14.8. The van der Waals surface area contributed by atoms with Gasteiger partial charge in [-0.05, 0) is 22.0 Å². The number of nitrogens with zero attached hydrogens (tertiary/aromatic N) is 2. The van der Waals surface area contributed by atoms with Crippen molar-refractivity contribution in [2.24, 2.45) is 16.8 Å². The van der Waals surface area contributed by atoms with E-state index < -0.39 is 15.9 Å². The molecule has 20 heavy (non-hydrogen) atoms. The molecule has 0 fully saturated rings. The molecule has 0 saturated carbocycles. The highest BCUT2D eigenvalue weighted by molar-refractivity contribution is 9.11. The average Bonchev–Trinajstić information content (AvgIpc) is 2.75. The third-order valence-corrected chi connectivity index (χ3v) is 7.53. The molecule has 1 aromatic rings. The molecule has 1 unspecified atom stereocenters. The fourth-order valence-corrected chi connectivity index (χ4v) is 5.57. The van der Waals surface area contributed by atoms with Gasteiger partial charge >= 0.3 is 0 Å². The molecule has 1 heterocycles. The summed E-state index contributed by atoms with van der Waals surface area (Å²) in [6.07, 6.45) is 0. The molecule has 3 N–H and O–H groups in total. The highest BCUT2D eigenvalue weighted by Crippen LogP contribution is 2.36. The lowest BCUT2D eigenvalue weighted by Crippen LogP contribution is -2.38. The van der Waals surface area contributed by atoms with E-state index in [-0.39, 0.29) is 23.1 Å². The Hall–Kier alpha value is -0.350. The molecule has 0 aromatic carbocycles. The van der Waals surface area contributed by atoms with Gasteiger partial charge in [-0.2, -0.15) is 4.31 Å². The minimum absolute atomic E-state index is 0.0101. The topological polar surface area (TPSA) is 96.0 Å². The second kappa shape index (κ2) is 7.08. The molecule has 1 rings (SSSR count). The standard InChI is InChI=1S/C10H15BrClN3O3S2/c1-3-15(5-6(2)10(13)14-16)20(17,18)8-4-7(12)9(11)19-8/h4,6,16H,3,5H2,1-2H3,(H2,13,14). The Kier molecular flexibility index (Phi) is 6.26. The summed E-state index contributed by atoms with van der Waals surface area (Å²) >= 11 is 10.1. The van der Waals surface area contributed by atoms with Crippen LogP contribution in [-0.4, -0.2) is 36.9 Å². The van der Waals surface area contributed by atoms with Crippen LogP contribution in [0.2, 0.25) is 5.02 Å². The summed E-state index contributed by atoms with van der Waals surface area (Å²) in [7, 11) is -3.64. The molecule has 0 aliphatic rings. The predicted molar refractivity (Wildman–Crippen MR) is 84.0 cm³/mol. The molecule has 1 aromatic heterocycles. The van der Waals surface area contributed by atoms with Gasteiger partial charge in [0.15, 0.2) is 0 Å². The second-order valence-corrected chi connectivity index (χ2v) is 9.01. The summed E-state index contributed by atoms with van der Waals surface area (Å²) in [6, 6.07) is 1.41. The number of sulfonamides is 1. The SMILES string of the molecule is CCN(CC(C)C(N)=NO)S(=O)(=O)c1cc(Cl)c(Br)s1. The average molecular weight is 405 g/mol. The first-order chi connectivity index (χ1) is 9.23. The highest BCUT2D eigenvalue weighted by atomic mass is 79.9. The molecular formula is C10H15BrClN3O3S2. The molecule has 0 saturated heterocycles. The molecule has 0 amide bonds. The van der Waals surface area contributed by atoms with Crippen LogP contribution in [-0.2, 0) is 10.0 Å². The van der Waals surface area contributed by atoms with Crippen molar-refractivity contribution < 1.29 is 13.6 Å². The summed E-state index contributed by atoms with van der Waals surface area (Å²) in [5, 5.41) is 11.9. The van der Waals surface area contributed by atoms with Crippen molar-refractivity contribution in [3.05, 3.63) is 14.9 Å². The third-order valence-electron chi connectivity index (χ3n) is 2.67. The molecule has 6 nitrogen and oxygen atoms in total. The Balaban J connectivity index is 3.04. The van der Waals surface area contributed by atoms with Gasteiger partial charge in [-0.1, -0.05) is 30.6 Å². The third kappa shape index (κ3) is 3.85. The first kappa shape index (κ1) is 17.7. The van der Waals surface area contributed by atoms with Crippen molar-refractivity contribution in [1.29, 1.82) is 0 Å². The Bertz CT molecular complexity index is 583. The molecule has 0 aliphatic heterocycles. The summed E-state index contributed by atoms with van der Waals surface area (Å²) in [5.41, 5.74) is 5.48. The Morgan fingerprint density at radius 3 is 2.70 bits per heavy atom. The Labute approximate surface area is 135 Å². The van der Waals surface area contributed by atoms with Crippen molar-refractivity contribution in [3.63, 3.8) is 0 Å². The summed E-state index contributed by atoms with van der Waals surface area (Å²) in [4.78, 5) is 0. The fraction of sp³-hybridized carbons (Fsp3) is 0.500. The fourth-order valence-electron chi connectivity index (χ4n) is 1.48. The van der Waals surface area contributed by atoms with E-state index in [1.165, 1.54) is 10.4 Å². The van der Waals surface area contributed by atoms with Gasteiger partial charge in [0.1, 0.15) is 10.0 Å². The van der Waals surface area contributed by atoms with Gasteiger partial charge < -0.3 is 10.9 Å². The number of thiophene rings is 1. The largest absolute Gasteiger partial charge is 0.409 e.